The maximum Gasteiger partial charge on any atom is 0.237 e. The van der Waals surface area contributed by atoms with Gasteiger partial charge in [-0.05, 0) is 26.3 Å². The summed E-state index contributed by atoms with van der Waals surface area (Å²) in [7, 11) is 0. The van der Waals surface area contributed by atoms with Crippen molar-refractivity contribution in [2.45, 2.75) is 32.4 Å². The first-order valence-corrected chi connectivity index (χ1v) is 5.19. The molecule has 5 nitrogen and oxygen atoms in total. The molecule has 2 heterocycles. The van der Waals surface area contributed by atoms with Gasteiger partial charge in [-0.3, -0.25) is 4.79 Å². The van der Waals surface area contributed by atoms with Gasteiger partial charge < -0.3 is 15.2 Å². The van der Waals surface area contributed by atoms with Crippen LogP contribution in [0.5, 0.6) is 0 Å². The predicted molar refractivity (Wildman–Crippen MR) is 61.4 cm³/mol. The molecule has 1 atom stereocenters. The van der Waals surface area contributed by atoms with E-state index >= 15 is 0 Å². The van der Waals surface area contributed by atoms with Gasteiger partial charge in [0.25, 0.3) is 0 Å². The molecule has 2 N–H and O–H groups in total. The van der Waals surface area contributed by atoms with Gasteiger partial charge in [0, 0.05) is 6.07 Å². The highest BCUT2D eigenvalue weighted by molar-refractivity contribution is 5.85. The maximum atomic E-state index is 11.6. The maximum absolute atomic E-state index is 11.6. The lowest BCUT2D eigenvalue weighted by Gasteiger charge is -2.09. The van der Waals surface area contributed by atoms with Crippen LogP contribution >= 0.6 is 12.4 Å². The SMILES string of the molecule is Cc1cc(CNC(=O)C2CCCN2)on1.Cl. The number of nitrogens with one attached hydrogen (secondary N) is 2. The molecule has 1 aromatic rings. The summed E-state index contributed by atoms with van der Waals surface area (Å²) < 4.78 is 4.99. The average Bonchev–Trinajstić information content (AvgIpc) is 2.84. The third-order valence-electron chi connectivity index (χ3n) is 2.49. The Hall–Kier alpha value is -1.07. The Morgan fingerprint density at radius 3 is 3.12 bits per heavy atom. The van der Waals surface area contributed by atoms with E-state index in [1.54, 1.807) is 0 Å². The molecule has 0 aromatic carbocycles. The molecule has 90 valence electrons. The Morgan fingerprint density at radius 1 is 1.75 bits per heavy atom. The van der Waals surface area contributed by atoms with Gasteiger partial charge in [0.05, 0.1) is 18.3 Å². The summed E-state index contributed by atoms with van der Waals surface area (Å²) in [5, 5.41) is 9.71. The van der Waals surface area contributed by atoms with Crippen molar-refractivity contribution < 1.29 is 9.32 Å². The number of carbonyl (C=O) groups is 1. The van der Waals surface area contributed by atoms with Crippen LogP contribution in [0.3, 0.4) is 0 Å². The lowest BCUT2D eigenvalue weighted by molar-refractivity contribution is -0.123. The van der Waals surface area contributed by atoms with Crippen LogP contribution in [-0.2, 0) is 11.3 Å². The highest BCUT2D eigenvalue weighted by Crippen LogP contribution is 2.06. The molecule has 2 rings (SSSR count). The zero-order chi connectivity index (χ0) is 10.7. The molecule has 0 spiro atoms. The van der Waals surface area contributed by atoms with E-state index < -0.39 is 0 Å². The summed E-state index contributed by atoms with van der Waals surface area (Å²) in [4.78, 5) is 11.6. The number of hydrogen-bond acceptors (Lipinski definition) is 4. The van der Waals surface area contributed by atoms with E-state index in [2.05, 4.69) is 15.8 Å². The van der Waals surface area contributed by atoms with Crippen LogP contribution in [0.2, 0.25) is 0 Å². The molecule has 1 aromatic heterocycles. The predicted octanol–water partition coefficient (Wildman–Crippen LogP) is 0.773. The van der Waals surface area contributed by atoms with Gasteiger partial charge in [-0.15, -0.1) is 12.4 Å². The van der Waals surface area contributed by atoms with Gasteiger partial charge in [0.1, 0.15) is 0 Å². The lowest BCUT2D eigenvalue weighted by atomic mass is 10.2. The van der Waals surface area contributed by atoms with Crippen molar-refractivity contribution in [2.24, 2.45) is 0 Å². The Balaban J connectivity index is 0.00000128. The Bertz CT molecular complexity index is 348. The molecule has 1 aliphatic heterocycles. The Morgan fingerprint density at radius 2 is 2.56 bits per heavy atom. The zero-order valence-electron chi connectivity index (χ0n) is 9.16. The molecule has 1 saturated heterocycles. The van der Waals surface area contributed by atoms with Crippen LogP contribution in [0.1, 0.15) is 24.3 Å². The van der Waals surface area contributed by atoms with E-state index in [4.69, 9.17) is 4.52 Å². The molecule has 16 heavy (non-hydrogen) atoms. The fraction of sp³-hybridized carbons (Fsp3) is 0.600. The Kier molecular flexibility index (Phi) is 4.76. The van der Waals surface area contributed by atoms with Crippen molar-refractivity contribution in [2.75, 3.05) is 6.54 Å². The van der Waals surface area contributed by atoms with Gasteiger partial charge in [-0.2, -0.15) is 0 Å². The molecule has 1 unspecified atom stereocenters. The molecule has 6 heteroatoms. The Labute approximate surface area is 100 Å². The van der Waals surface area contributed by atoms with Crippen LogP contribution in [0.4, 0.5) is 0 Å². The number of nitrogens with zero attached hydrogens (tertiary/aromatic N) is 1. The second-order valence-electron chi connectivity index (χ2n) is 3.80. The van der Waals surface area contributed by atoms with Gasteiger partial charge in [0.2, 0.25) is 5.91 Å². The van der Waals surface area contributed by atoms with Gasteiger partial charge >= 0.3 is 0 Å². The van der Waals surface area contributed by atoms with Crippen molar-refractivity contribution in [3.63, 3.8) is 0 Å². The van der Waals surface area contributed by atoms with Crippen LogP contribution in [0.15, 0.2) is 10.6 Å². The topological polar surface area (TPSA) is 67.2 Å². The normalized spacial score (nSPS) is 19.2. The van der Waals surface area contributed by atoms with E-state index in [0.29, 0.717) is 12.3 Å². The first kappa shape index (κ1) is 13.0. The van der Waals surface area contributed by atoms with E-state index in [0.717, 1.165) is 25.1 Å². The molecule has 0 radical (unpaired) electrons. The van der Waals surface area contributed by atoms with Crippen molar-refractivity contribution in [3.8, 4) is 0 Å². The molecule has 0 bridgehead atoms. The standard InChI is InChI=1S/C10H15N3O2.ClH/c1-7-5-8(15-13-7)6-12-10(14)9-3-2-4-11-9;/h5,9,11H,2-4,6H2,1H3,(H,12,14);1H. The van der Waals surface area contributed by atoms with Crippen LogP contribution in [0, 0.1) is 6.92 Å². The number of carbonyl (C=O) groups excluding carboxylic acids is 1. The van der Waals surface area contributed by atoms with E-state index in [-0.39, 0.29) is 24.4 Å². The summed E-state index contributed by atoms with van der Waals surface area (Å²) in [6, 6.07) is 1.79. The van der Waals surface area contributed by atoms with Crippen LogP contribution < -0.4 is 10.6 Å². The third-order valence-corrected chi connectivity index (χ3v) is 2.49. The number of aryl methyl sites for hydroxylation is 1. The first-order valence-electron chi connectivity index (χ1n) is 5.19. The summed E-state index contributed by atoms with van der Waals surface area (Å²) in [6.07, 6.45) is 1.99. The van der Waals surface area contributed by atoms with Crippen molar-refractivity contribution in [1.82, 2.24) is 15.8 Å². The van der Waals surface area contributed by atoms with Gasteiger partial charge in [-0.1, -0.05) is 5.16 Å². The number of halogens is 1. The number of hydrogen-bond donors (Lipinski definition) is 2. The summed E-state index contributed by atoms with van der Waals surface area (Å²) in [5.74, 6) is 0.736. The van der Waals surface area contributed by atoms with E-state index in [1.165, 1.54) is 0 Å². The molecule has 1 fully saturated rings. The largest absolute Gasteiger partial charge is 0.359 e. The zero-order valence-corrected chi connectivity index (χ0v) is 9.97. The second kappa shape index (κ2) is 5.86. The quantitative estimate of drug-likeness (QED) is 0.826. The molecule has 0 saturated carbocycles. The smallest absolute Gasteiger partial charge is 0.237 e. The highest BCUT2D eigenvalue weighted by Gasteiger charge is 2.21. The van der Waals surface area contributed by atoms with Crippen molar-refractivity contribution in [3.05, 3.63) is 17.5 Å². The first-order chi connectivity index (χ1) is 7.25. The molecular formula is C10H16ClN3O2. The molecule has 1 amide bonds. The van der Waals surface area contributed by atoms with Crippen LogP contribution in [-0.4, -0.2) is 23.7 Å². The number of rotatable bonds is 3. The van der Waals surface area contributed by atoms with Gasteiger partial charge in [0.15, 0.2) is 5.76 Å². The van der Waals surface area contributed by atoms with Gasteiger partial charge in [-0.25, -0.2) is 0 Å². The number of amides is 1. The minimum atomic E-state index is -0.0333. The molecular weight excluding hydrogens is 230 g/mol. The van der Waals surface area contributed by atoms with Crippen molar-refractivity contribution >= 4 is 18.3 Å². The second-order valence-corrected chi connectivity index (χ2v) is 3.80. The van der Waals surface area contributed by atoms with E-state index in [1.807, 2.05) is 13.0 Å². The third kappa shape index (κ3) is 3.21. The molecule has 0 aliphatic carbocycles. The average molecular weight is 246 g/mol. The number of aromatic nitrogens is 1. The summed E-state index contributed by atoms with van der Waals surface area (Å²) in [5.41, 5.74) is 0.832. The monoisotopic (exact) mass is 245 g/mol. The minimum absolute atomic E-state index is 0. The van der Waals surface area contributed by atoms with Crippen LogP contribution in [0.25, 0.3) is 0 Å². The van der Waals surface area contributed by atoms with Crippen molar-refractivity contribution in [1.29, 1.82) is 0 Å². The summed E-state index contributed by atoms with van der Waals surface area (Å²) >= 11 is 0. The fourth-order valence-corrected chi connectivity index (χ4v) is 1.71. The molecule has 1 aliphatic rings. The lowest BCUT2D eigenvalue weighted by Crippen LogP contribution is -2.39. The minimum Gasteiger partial charge on any atom is -0.359 e. The van der Waals surface area contributed by atoms with E-state index in [9.17, 15) is 4.79 Å². The summed E-state index contributed by atoms with van der Waals surface area (Å²) in [6.45, 7) is 3.20. The highest BCUT2D eigenvalue weighted by atomic mass is 35.5. The fourth-order valence-electron chi connectivity index (χ4n) is 1.71.